The van der Waals surface area contributed by atoms with Crippen molar-refractivity contribution in [3.8, 4) is 0 Å². The SMILES string of the molecule is Cc1ccc(S(=O)(=O)NC(C)(C)C)cc1C(=O)N1CCN(Cc2cccc3cccnc23)CC1. The van der Waals surface area contributed by atoms with Crippen molar-refractivity contribution in [2.75, 3.05) is 26.2 Å². The topological polar surface area (TPSA) is 82.6 Å². The van der Waals surface area contributed by atoms with Crippen LogP contribution in [0.4, 0.5) is 0 Å². The lowest BCUT2D eigenvalue weighted by Crippen LogP contribution is -2.48. The van der Waals surface area contributed by atoms with Crippen molar-refractivity contribution in [1.82, 2.24) is 19.5 Å². The summed E-state index contributed by atoms with van der Waals surface area (Å²) in [5.74, 6) is -0.128. The summed E-state index contributed by atoms with van der Waals surface area (Å²) in [5, 5.41) is 1.13. The molecule has 0 atom stereocenters. The molecule has 8 heteroatoms. The van der Waals surface area contributed by atoms with Crippen LogP contribution in [0.15, 0.2) is 59.6 Å². The summed E-state index contributed by atoms with van der Waals surface area (Å²) >= 11 is 0. The Kier molecular flexibility index (Phi) is 6.75. The van der Waals surface area contributed by atoms with Gasteiger partial charge in [-0.05, 0) is 57.0 Å². The molecule has 1 fully saturated rings. The van der Waals surface area contributed by atoms with E-state index in [2.05, 4.69) is 38.9 Å². The van der Waals surface area contributed by atoms with Crippen molar-refractivity contribution < 1.29 is 13.2 Å². The number of amides is 1. The molecule has 2 heterocycles. The van der Waals surface area contributed by atoms with Crippen LogP contribution in [0.1, 0.15) is 42.3 Å². The van der Waals surface area contributed by atoms with Crippen LogP contribution >= 0.6 is 0 Å². The van der Waals surface area contributed by atoms with Gasteiger partial charge in [0, 0.05) is 55.4 Å². The fourth-order valence-corrected chi connectivity index (χ4v) is 5.72. The number of pyridine rings is 1. The summed E-state index contributed by atoms with van der Waals surface area (Å²) in [5.41, 5.74) is 2.79. The number of para-hydroxylation sites is 1. The highest BCUT2D eigenvalue weighted by Crippen LogP contribution is 2.21. The quantitative estimate of drug-likeness (QED) is 0.604. The predicted molar refractivity (Wildman–Crippen MR) is 134 cm³/mol. The second kappa shape index (κ2) is 9.44. The minimum absolute atomic E-state index is 0.110. The molecule has 1 N–H and O–H groups in total. The number of carbonyl (C=O) groups is 1. The van der Waals surface area contributed by atoms with Gasteiger partial charge in [0.15, 0.2) is 0 Å². The number of piperazine rings is 1. The molecule has 1 saturated heterocycles. The molecule has 0 aliphatic carbocycles. The Morgan fingerprint density at radius 2 is 1.74 bits per heavy atom. The zero-order chi connectivity index (χ0) is 24.5. The lowest BCUT2D eigenvalue weighted by Gasteiger charge is -2.35. The van der Waals surface area contributed by atoms with Crippen molar-refractivity contribution >= 4 is 26.8 Å². The molecule has 0 saturated carbocycles. The summed E-state index contributed by atoms with van der Waals surface area (Å²) in [4.78, 5) is 22.1. The van der Waals surface area contributed by atoms with E-state index in [4.69, 9.17) is 0 Å². The smallest absolute Gasteiger partial charge is 0.254 e. The van der Waals surface area contributed by atoms with Crippen LogP contribution in [0.5, 0.6) is 0 Å². The normalized spacial score (nSPS) is 15.6. The zero-order valence-corrected chi connectivity index (χ0v) is 21.0. The van der Waals surface area contributed by atoms with Gasteiger partial charge in [0.2, 0.25) is 10.0 Å². The molecule has 0 spiro atoms. The fraction of sp³-hybridized carbons (Fsp3) is 0.385. The maximum absolute atomic E-state index is 13.3. The van der Waals surface area contributed by atoms with Crippen LogP contribution in [0.2, 0.25) is 0 Å². The van der Waals surface area contributed by atoms with E-state index in [1.165, 1.54) is 11.6 Å². The highest BCUT2D eigenvalue weighted by molar-refractivity contribution is 7.89. The molecule has 1 aliphatic rings. The number of nitrogens with zero attached hydrogens (tertiary/aromatic N) is 3. The molecule has 1 aromatic heterocycles. The van der Waals surface area contributed by atoms with E-state index in [1.807, 2.05) is 24.1 Å². The number of aromatic nitrogens is 1. The minimum atomic E-state index is -3.72. The van der Waals surface area contributed by atoms with E-state index >= 15 is 0 Å². The van der Waals surface area contributed by atoms with E-state index in [0.717, 1.165) is 36.1 Å². The van der Waals surface area contributed by atoms with Crippen molar-refractivity contribution in [3.05, 3.63) is 71.4 Å². The Bertz CT molecular complexity index is 1300. The number of benzene rings is 2. The van der Waals surface area contributed by atoms with Gasteiger partial charge < -0.3 is 4.90 Å². The third-order valence-corrected chi connectivity index (χ3v) is 7.72. The number of aryl methyl sites for hydroxylation is 1. The monoisotopic (exact) mass is 480 g/mol. The largest absolute Gasteiger partial charge is 0.336 e. The van der Waals surface area contributed by atoms with E-state index in [1.54, 1.807) is 32.9 Å². The molecule has 7 nitrogen and oxygen atoms in total. The number of sulfonamides is 1. The van der Waals surface area contributed by atoms with Crippen LogP contribution < -0.4 is 4.72 Å². The summed E-state index contributed by atoms with van der Waals surface area (Å²) in [7, 11) is -3.72. The van der Waals surface area contributed by atoms with Crippen LogP contribution in [-0.2, 0) is 16.6 Å². The third kappa shape index (κ3) is 5.46. The van der Waals surface area contributed by atoms with Gasteiger partial charge in [0.1, 0.15) is 0 Å². The van der Waals surface area contributed by atoms with E-state index in [0.29, 0.717) is 18.7 Å². The molecule has 1 amide bonds. The third-order valence-electron chi connectivity index (χ3n) is 5.96. The first-order valence-electron chi connectivity index (χ1n) is 11.5. The van der Waals surface area contributed by atoms with Crippen LogP contribution in [-0.4, -0.2) is 60.8 Å². The first kappa shape index (κ1) is 24.3. The second-order valence-electron chi connectivity index (χ2n) is 9.89. The number of fused-ring (bicyclic) bond motifs is 1. The first-order valence-corrected chi connectivity index (χ1v) is 13.0. The number of rotatable bonds is 5. The van der Waals surface area contributed by atoms with Crippen LogP contribution in [0.3, 0.4) is 0 Å². The standard InChI is InChI=1S/C26H32N4O3S/c1-19-10-11-22(34(32,33)28-26(2,3)4)17-23(19)25(31)30-15-13-29(14-16-30)18-21-8-5-7-20-9-6-12-27-24(20)21/h5-12,17,28H,13-16,18H2,1-4H3. The maximum Gasteiger partial charge on any atom is 0.254 e. The van der Waals surface area contributed by atoms with Crippen molar-refractivity contribution in [2.45, 2.75) is 44.7 Å². The van der Waals surface area contributed by atoms with Crippen molar-refractivity contribution in [1.29, 1.82) is 0 Å². The Balaban J connectivity index is 1.45. The summed E-state index contributed by atoms with van der Waals surface area (Å²) in [6.07, 6.45) is 1.82. The Morgan fingerprint density at radius 3 is 2.44 bits per heavy atom. The zero-order valence-electron chi connectivity index (χ0n) is 20.2. The molecule has 0 radical (unpaired) electrons. The minimum Gasteiger partial charge on any atom is -0.336 e. The summed E-state index contributed by atoms with van der Waals surface area (Å²) in [6.45, 7) is 10.7. The Labute approximate surface area is 201 Å². The van der Waals surface area contributed by atoms with Crippen LogP contribution in [0.25, 0.3) is 10.9 Å². The van der Waals surface area contributed by atoms with Gasteiger partial charge in [-0.1, -0.05) is 30.3 Å². The highest BCUT2D eigenvalue weighted by Gasteiger charge is 2.27. The molecule has 3 aromatic rings. The molecular weight excluding hydrogens is 448 g/mol. The highest BCUT2D eigenvalue weighted by atomic mass is 32.2. The van der Waals surface area contributed by atoms with Gasteiger partial charge in [-0.3, -0.25) is 14.7 Å². The second-order valence-corrected chi connectivity index (χ2v) is 11.6. The van der Waals surface area contributed by atoms with Gasteiger partial charge in [0.25, 0.3) is 5.91 Å². The number of hydrogen-bond donors (Lipinski definition) is 1. The fourth-order valence-electron chi connectivity index (χ4n) is 4.28. The van der Waals surface area contributed by atoms with Crippen molar-refractivity contribution in [2.24, 2.45) is 0 Å². The van der Waals surface area contributed by atoms with Crippen LogP contribution in [0, 0.1) is 6.92 Å². The van der Waals surface area contributed by atoms with E-state index in [-0.39, 0.29) is 10.8 Å². The van der Waals surface area contributed by atoms with Crippen molar-refractivity contribution in [3.63, 3.8) is 0 Å². The number of hydrogen-bond acceptors (Lipinski definition) is 5. The average Bonchev–Trinajstić information content (AvgIpc) is 2.78. The molecular formula is C26H32N4O3S. The van der Waals surface area contributed by atoms with E-state index < -0.39 is 15.6 Å². The molecule has 34 heavy (non-hydrogen) atoms. The molecule has 0 unspecified atom stereocenters. The Morgan fingerprint density at radius 1 is 1.03 bits per heavy atom. The van der Waals surface area contributed by atoms with Gasteiger partial charge in [-0.15, -0.1) is 0 Å². The molecule has 2 aromatic carbocycles. The average molecular weight is 481 g/mol. The molecule has 0 bridgehead atoms. The Hall–Kier alpha value is -2.81. The van der Waals surface area contributed by atoms with Gasteiger partial charge in [-0.25, -0.2) is 13.1 Å². The maximum atomic E-state index is 13.3. The summed E-state index contributed by atoms with van der Waals surface area (Å²) in [6, 6.07) is 15.0. The number of nitrogens with one attached hydrogen (secondary N) is 1. The molecule has 4 rings (SSSR count). The van der Waals surface area contributed by atoms with E-state index in [9.17, 15) is 13.2 Å². The van der Waals surface area contributed by atoms with Gasteiger partial charge in [-0.2, -0.15) is 0 Å². The number of carbonyl (C=O) groups excluding carboxylic acids is 1. The lowest BCUT2D eigenvalue weighted by atomic mass is 10.1. The molecule has 180 valence electrons. The van der Waals surface area contributed by atoms with Gasteiger partial charge in [0.05, 0.1) is 10.4 Å². The predicted octanol–water partition coefficient (Wildman–Crippen LogP) is 3.58. The first-order chi connectivity index (χ1) is 16.0. The lowest BCUT2D eigenvalue weighted by molar-refractivity contribution is 0.0628. The summed E-state index contributed by atoms with van der Waals surface area (Å²) < 4.78 is 28.2. The van der Waals surface area contributed by atoms with Gasteiger partial charge >= 0.3 is 0 Å². The molecule has 1 aliphatic heterocycles.